The molecule has 0 unspecified atom stereocenters. The molecule has 1 aromatic heterocycles. The third kappa shape index (κ3) is 4.47. The van der Waals surface area contributed by atoms with Gasteiger partial charge in [-0.25, -0.2) is 13.4 Å². The lowest BCUT2D eigenvalue weighted by molar-refractivity contribution is -0.130. The van der Waals surface area contributed by atoms with Gasteiger partial charge < -0.3 is 4.90 Å². The molecule has 2 heterocycles. The lowest BCUT2D eigenvalue weighted by atomic mass is 10.1. The zero-order valence-corrected chi connectivity index (χ0v) is 19.3. The van der Waals surface area contributed by atoms with E-state index in [1.165, 1.54) is 11.8 Å². The van der Waals surface area contributed by atoms with Crippen LogP contribution in [0, 0.1) is 0 Å². The Bertz CT molecular complexity index is 1210. The molecule has 1 aliphatic carbocycles. The topological polar surface area (TPSA) is 72.3 Å². The average Bonchev–Trinajstić information content (AvgIpc) is 3.43. The summed E-state index contributed by atoms with van der Waals surface area (Å²) in [5, 5.41) is 0.748. The molecule has 0 radical (unpaired) electrons. The van der Waals surface area contributed by atoms with E-state index in [9.17, 15) is 13.2 Å². The van der Waals surface area contributed by atoms with Gasteiger partial charge in [0, 0.05) is 23.3 Å². The zero-order chi connectivity index (χ0) is 22.1. The summed E-state index contributed by atoms with van der Waals surface area (Å²) in [6.07, 6.45) is 4.32. The predicted octanol–water partition coefficient (Wildman–Crippen LogP) is 3.81. The number of aromatic nitrogens is 2. The fraction of sp³-hybridized carbons (Fsp3) is 0.333. The highest BCUT2D eigenvalue weighted by molar-refractivity contribution is 7.99. The first kappa shape index (κ1) is 21.3. The van der Waals surface area contributed by atoms with Gasteiger partial charge in [0.15, 0.2) is 15.0 Å². The second-order valence-corrected chi connectivity index (χ2v) is 11.5. The molecule has 1 atom stereocenters. The van der Waals surface area contributed by atoms with Crippen LogP contribution in [0.1, 0.15) is 19.3 Å². The van der Waals surface area contributed by atoms with E-state index in [1.807, 2.05) is 71.8 Å². The van der Waals surface area contributed by atoms with Crippen LogP contribution in [0.25, 0.3) is 16.9 Å². The molecular formula is C24H25N3O3S2. The van der Waals surface area contributed by atoms with Crippen molar-refractivity contribution in [3.8, 4) is 16.9 Å². The SMILES string of the molecule is O=C(CSc1ncc(-c2ccccc2)n1-c1ccccc1)N(C1CC1)[C@@H]1CCS(=O)(=O)C1. The van der Waals surface area contributed by atoms with Gasteiger partial charge in [0.05, 0.1) is 29.1 Å². The Kier molecular flexibility index (Phi) is 5.82. The Morgan fingerprint density at radius 3 is 2.31 bits per heavy atom. The second-order valence-electron chi connectivity index (χ2n) is 8.34. The summed E-state index contributed by atoms with van der Waals surface area (Å²) in [6, 6.07) is 20.1. The third-order valence-corrected chi connectivity index (χ3v) is 8.66. The number of nitrogens with zero attached hydrogens (tertiary/aromatic N) is 3. The summed E-state index contributed by atoms with van der Waals surface area (Å²) in [6.45, 7) is 0. The predicted molar refractivity (Wildman–Crippen MR) is 127 cm³/mol. The van der Waals surface area contributed by atoms with E-state index in [0.717, 1.165) is 34.9 Å². The minimum atomic E-state index is -3.03. The lowest BCUT2D eigenvalue weighted by Gasteiger charge is -2.28. The fourth-order valence-electron chi connectivity index (χ4n) is 4.33. The van der Waals surface area contributed by atoms with Gasteiger partial charge in [-0.3, -0.25) is 9.36 Å². The van der Waals surface area contributed by atoms with Crippen LogP contribution in [0.5, 0.6) is 0 Å². The van der Waals surface area contributed by atoms with Crippen molar-refractivity contribution < 1.29 is 13.2 Å². The first-order valence-corrected chi connectivity index (χ1v) is 13.7. The number of hydrogen-bond acceptors (Lipinski definition) is 5. The van der Waals surface area contributed by atoms with Crippen molar-refractivity contribution in [1.29, 1.82) is 0 Å². The summed E-state index contributed by atoms with van der Waals surface area (Å²) >= 11 is 1.41. The molecule has 3 aromatic rings. The van der Waals surface area contributed by atoms with Crippen LogP contribution in [-0.4, -0.2) is 58.1 Å². The maximum absolute atomic E-state index is 13.2. The zero-order valence-electron chi connectivity index (χ0n) is 17.6. The molecule has 1 saturated carbocycles. The van der Waals surface area contributed by atoms with Gasteiger partial charge in [0.1, 0.15) is 0 Å². The number of rotatable bonds is 7. The molecule has 0 spiro atoms. The summed E-state index contributed by atoms with van der Waals surface area (Å²) in [7, 11) is -3.03. The molecule has 6 nitrogen and oxygen atoms in total. The molecule has 1 amide bonds. The van der Waals surface area contributed by atoms with Crippen molar-refractivity contribution in [3.63, 3.8) is 0 Å². The molecule has 8 heteroatoms. The minimum Gasteiger partial charge on any atom is -0.335 e. The molecule has 1 saturated heterocycles. The van der Waals surface area contributed by atoms with Crippen LogP contribution >= 0.6 is 11.8 Å². The smallest absolute Gasteiger partial charge is 0.233 e. The number of hydrogen-bond donors (Lipinski definition) is 0. The summed E-state index contributed by atoms with van der Waals surface area (Å²) in [5.74, 6) is 0.519. The van der Waals surface area contributed by atoms with E-state index in [-0.39, 0.29) is 35.2 Å². The molecule has 32 heavy (non-hydrogen) atoms. The lowest BCUT2D eigenvalue weighted by Crippen LogP contribution is -2.43. The molecule has 2 fully saturated rings. The number of carbonyl (C=O) groups excluding carboxylic acids is 1. The van der Waals surface area contributed by atoms with Crippen LogP contribution < -0.4 is 0 Å². The first-order chi connectivity index (χ1) is 15.5. The van der Waals surface area contributed by atoms with E-state index in [1.54, 1.807) is 0 Å². The maximum Gasteiger partial charge on any atom is 0.233 e. The van der Waals surface area contributed by atoms with E-state index in [0.29, 0.717) is 6.42 Å². The monoisotopic (exact) mass is 467 g/mol. The molecule has 166 valence electrons. The summed E-state index contributed by atoms with van der Waals surface area (Å²) in [4.78, 5) is 19.7. The number of thioether (sulfide) groups is 1. The highest BCUT2D eigenvalue weighted by atomic mass is 32.2. The van der Waals surface area contributed by atoms with E-state index in [4.69, 9.17) is 0 Å². The number of amides is 1. The van der Waals surface area contributed by atoms with Crippen molar-refractivity contribution in [1.82, 2.24) is 14.5 Å². The van der Waals surface area contributed by atoms with Crippen LogP contribution in [0.15, 0.2) is 72.0 Å². The van der Waals surface area contributed by atoms with Crippen molar-refractivity contribution in [3.05, 3.63) is 66.9 Å². The minimum absolute atomic E-state index is 0.00322. The van der Waals surface area contributed by atoms with Crippen LogP contribution in [0.4, 0.5) is 0 Å². The number of benzene rings is 2. The van der Waals surface area contributed by atoms with Crippen LogP contribution in [-0.2, 0) is 14.6 Å². The number of carbonyl (C=O) groups is 1. The van der Waals surface area contributed by atoms with Gasteiger partial charge >= 0.3 is 0 Å². The average molecular weight is 468 g/mol. The standard InChI is InChI=1S/C24H25N3O3S2/c28-23(26(20-11-12-20)21-13-14-32(29,30)17-21)16-31-24-25-15-22(18-7-3-1-4-8-18)27(24)19-9-5-2-6-10-19/h1-10,15,20-21H,11-14,16-17H2/t21-/m1/s1. The van der Waals surface area contributed by atoms with Gasteiger partial charge in [-0.1, -0.05) is 60.3 Å². The van der Waals surface area contributed by atoms with Gasteiger partial charge in [0.25, 0.3) is 0 Å². The van der Waals surface area contributed by atoms with Gasteiger partial charge in [-0.05, 0) is 31.4 Å². The molecular weight excluding hydrogens is 442 g/mol. The summed E-state index contributed by atoms with van der Waals surface area (Å²) in [5.41, 5.74) is 3.00. The first-order valence-electron chi connectivity index (χ1n) is 10.8. The van der Waals surface area contributed by atoms with Gasteiger partial charge in [-0.2, -0.15) is 0 Å². The Hall–Kier alpha value is -2.58. The highest BCUT2D eigenvalue weighted by Gasteiger charge is 2.42. The van der Waals surface area contributed by atoms with E-state index in [2.05, 4.69) is 9.55 Å². The third-order valence-electron chi connectivity index (χ3n) is 5.97. The van der Waals surface area contributed by atoms with Gasteiger partial charge in [-0.15, -0.1) is 0 Å². The summed E-state index contributed by atoms with van der Waals surface area (Å²) < 4.78 is 26.0. The Labute approximate surface area is 192 Å². The molecule has 1 aliphatic heterocycles. The number of imidazole rings is 1. The van der Waals surface area contributed by atoms with Crippen molar-refractivity contribution in [2.24, 2.45) is 0 Å². The van der Waals surface area contributed by atoms with E-state index < -0.39 is 9.84 Å². The molecule has 2 aromatic carbocycles. The normalized spacial score (nSPS) is 19.7. The Balaban J connectivity index is 1.39. The van der Waals surface area contributed by atoms with Gasteiger partial charge in [0.2, 0.25) is 5.91 Å². The molecule has 0 bridgehead atoms. The Morgan fingerprint density at radius 1 is 1.00 bits per heavy atom. The molecule has 2 aliphatic rings. The van der Waals surface area contributed by atoms with Crippen molar-refractivity contribution in [2.45, 2.75) is 36.5 Å². The van der Waals surface area contributed by atoms with E-state index >= 15 is 0 Å². The molecule has 0 N–H and O–H groups in total. The largest absolute Gasteiger partial charge is 0.335 e. The second kappa shape index (κ2) is 8.75. The van der Waals surface area contributed by atoms with Crippen molar-refractivity contribution >= 4 is 27.5 Å². The number of sulfone groups is 1. The quantitative estimate of drug-likeness (QED) is 0.494. The van der Waals surface area contributed by atoms with Crippen molar-refractivity contribution in [2.75, 3.05) is 17.3 Å². The number of para-hydroxylation sites is 1. The fourth-order valence-corrected chi connectivity index (χ4v) is 6.90. The highest BCUT2D eigenvalue weighted by Crippen LogP contribution is 2.34. The maximum atomic E-state index is 13.2. The van der Waals surface area contributed by atoms with Crippen LogP contribution in [0.2, 0.25) is 0 Å². The Morgan fingerprint density at radius 2 is 1.69 bits per heavy atom. The molecule has 5 rings (SSSR count). The van der Waals surface area contributed by atoms with Crippen LogP contribution in [0.3, 0.4) is 0 Å².